The molecule has 0 aliphatic carbocycles. The van der Waals surface area contributed by atoms with Gasteiger partial charge in [-0.1, -0.05) is 0 Å². The molecule has 0 spiro atoms. The maximum atomic E-state index is 5.45. The molecule has 0 saturated heterocycles. The fraction of sp³-hybridized carbons (Fsp3) is 0. The Bertz CT molecular complexity index is 227. The fourth-order valence-electron chi connectivity index (χ4n) is 0.562. The van der Waals surface area contributed by atoms with Crippen LogP contribution < -0.4 is 11.5 Å². The molecule has 0 atom stereocenters. The topological polar surface area (TPSA) is 52.0 Å². The van der Waals surface area contributed by atoms with E-state index >= 15 is 0 Å². The maximum absolute atomic E-state index is 5.45. The van der Waals surface area contributed by atoms with Crippen molar-refractivity contribution in [2.75, 3.05) is 11.5 Å². The average Bonchev–Trinajstić information content (AvgIpc) is 1.80. The zero-order valence-electron chi connectivity index (χ0n) is 5.83. The van der Waals surface area contributed by atoms with Gasteiger partial charge in [0.15, 0.2) is 0 Å². The van der Waals surface area contributed by atoms with Gasteiger partial charge in [0, 0.05) is 34.5 Å². The van der Waals surface area contributed by atoms with Gasteiger partial charge in [-0.05, 0) is 18.2 Å². The summed E-state index contributed by atoms with van der Waals surface area (Å²) in [5.74, 6) is 0. The second kappa shape index (κ2) is 4.13. The fourth-order valence-corrected chi connectivity index (χ4v) is 0.776. The summed E-state index contributed by atoms with van der Waals surface area (Å²) in [7, 11) is 0. The van der Waals surface area contributed by atoms with Gasteiger partial charge in [-0.25, -0.2) is 0 Å². The minimum absolute atomic E-state index is 0. The molecule has 4 N–H and O–H groups in total. The van der Waals surface area contributed by atoms with E-state index in [1.165, 1.54) is 0 Å². The number of anilines is 2. The first-order valence-corrected chi connectivity index (χ1v) is 2.99. The second-order valence-corrected chi connectivity index (χ2v) is 2.33. The molecule has 10 heavy (non-hydrogen) atoms. The van der Waals surface area contributed by atoms with Crippen molar-refractivity contribution >= 4 is 53.6 Å². The van der Waals surface area contributed by atoms with Crippen molar-refractivity contribution in [2.24, 2.45) is 0 Å². The molecule has 0 aromatic heterocycles. The van der Waals surface area contributed by atoms with Crippen LogP contribution in [-0.2, 0) is 0 Å². The third-order valence-electron chi connectivity index (χ3n) is 1.07. The molecule has 1 aromatic carbocycles. The number of thiol groups is 1. The minimum Gasteiger partial charge on any atom is -0.397 e. The molecular weight excluding hydrogens is 155 g/mol. The summed E-state index contributed by atoms with van der Waals surface area (Å²) in [6.07, 6.45) is 0. The minimum atomic E-state index is 0. The van der Waals surface area contributed by atoms with E-state index in [4.69, 9.17) is 11.5 Å². The van der Waals surface area contributed by atoms with Crippen LogP contribution in [0, 0.1) is 0 Å². The first-order valence-electron chi connectivity index (χ1n) is 2.54. The van der Waals surface area contributed by atoms with Crippen LogP contribution in [0.15, 0.2) is 23.1 Å². The summed E-state index contributed by atoms with van der Waals surface area (Å²) in [6, 6.07) is 5.25. The second-order valence-electron chi connectivity index (χ2n) is 1.81. The summed E-state index contributed by atoms with van der Waals surface area (Å²) in [5.41, 5.74) is 12.1. The van der Waals surface area contributed by atoms with E-state index in [0.717, 1.165) is 4.90 Å². The van der Waals surface area contributed by atoms with Gasteiger partial charge in [-0.2, -0.15) is 0 Å². The quantitative estimate of drug-likeness (QED) is 0.300. The maximum Gasteiger partial charge on any atom is 0.0558 e. The first-order chi connectivity index (χ1) is 4.20. The number of nitrogen functional groups attached to an aromatic ring is 2. The van der Waals surface area contributed by atoms with Crippen LogP contribution in [0.5, 0.6) is 0 Å². The van der Waals surface area contributed by atoms with E-state index < -0.39 is 0 Å². The predicted molar refractivity (Wildman–Crippen MR) is 48.3 cm³/mol. The molecule has 1 radical (unpaired) electrons. The molecule has 4 heteroatoms. The molecule has 0 heterocycles. The Morgan fingerprint density at radius 1 is 1.10 bits per heavy atom. The monoisotopic (exact) mass is 163 g/mol. The summed E-state index contributed by atoms with van der Waals surface area (Å²) >= 11 is 4.07. The first kappa shape index (κ1) is 10.2. The van der Waals surface area contributed by atoms with Crippen molar-refractivity contribution in [1.82, 2.24) is 0 Å². The molecule has 1 aromatic rings. The molecule has 49 valence electrons. The van der Waals surface area contributed by atoms with E-state index in [2.05, 4.69) is 12.6 Å². The molecule has 0 bridgehead atoms. The van der Waals surface area contributed by atoms with Crippen LogP contribution in [0.1, 0.15) is 0 Å². The molecular formula is C6H8N2NaS. The molecule has 0 aliphatic rings. The van der Waals surface area contributed by atoms with Crippen LogP contribution in [0.4, 0.5) is 11.4 Å². The Balaban J connectivity index is 0.000000810. The Hall–Kier alpha value is 0.170. The number of hydrogen-bond donors (Lipinski definition) is 3. The zero-order valence-corrected chi connectivity index (χ0v) is 8.73. The molecule has 1 rings (SSSR count). The van der Waals surface area contributed by atoms with Crippen molar-refractivity contribution in [2.45, 2.75) is 4.90 Å². The van der Waals surface area contributed by atoms with Crippen LogP contribution >= 0.6 is 12.6 Å². The van der Waals surface area contributed by atoms with Crippen molar-refractivity contribution in [3.8, 4) is 0 Å². The standard InChI is InChI=1S/C6H8N2S.Na/c7-5-2-1-4(9)3-6(5)8;/h1-3,9H,7-8H2;. The zero-order chi connectivity index (χ0) is 6.85. The van der Waals surface area contributed by atoms with E-state index in [9.17, 15) is 0 Å². The van der Waals surface area contributed by atoms with Crippen molar-refractivity contribution in [3.63, 3.8) is 0 Å². The van der Waals surface area contributed by atoms with Crippen molar-refractivity contribution in [1.29, 1.82) is 0 Å². The van der Waals surface area contributed by atoms with Crippen LogP contribution in [-0.4, -0.2) is 29.6 Å². The third-order valence-corrected chi connectivity index (χ3v) is 1.35. The Labute approximate surface area is 87.7 Å². The van der Waals surface area contributed by atoms with E-state index in [1.54, 1.807) is 18.2 Å². The SMILES string of the molecule is Nc1ccc(S)cc1N.[Na]. The molecule has 2 nitrogen and oxygen atoms in total. The van der Waals surface area contributed by atoms with Gasteiger partial charge < -0.3 is 11.5 Å². The van der Waals surface area contributed by atoms with Crippen LogP contribution in [0.2, 0.25) is 0 Å². The van der Waals surface area contributed by atoms with E-state index in [1.807, 2.05) is 0 Å². The number of hydrogen-bond acceptors (Lipinski definition) is 3. The molecule has 0 aliphatic heterocycles. The predicted octanol–water partition coefficient (Wildman–Crippen LogP) is 0.759. The molecule has 0 amide bonds. The summed E-state index contributed by atoms with van der Waals surface area (Å²) in [6.45, 7) is 0. The van der Waals surface area contributed by atoms with Gasteiger partial charge in [0.05, 0.1) is 11.4 Å². The Morgan fingerprint density at radius 2 is 1.70 bits per heavy atom. The molecule has 0 fully saturated rings. The third kappa shape index (κ3) is 2.42. The summed E-state index contributed by atoms with van der Waals surface area (Å²) in [4.78, 5) is 0.835. The summed E-state index contributed by atoms with van der Waals surface area (Å²) in [5, 5.41) is 0. The van der Waals surface area contributed by atoms with Crippen molar-refractivity contribution in [3.05, 3.63) is 18.2 Å². The van der Waals surface area contributed by atoms with Gasteiger partial charge in [-0.3, -0.25) is 0 Å². The van der Waals surface area contributed by atoms with Gasteiger partial charge in [-0.15, -0.1) is 12.6 Å². The Kier molecular flexibility index (Phi) is 4.20. The number of benzene rings is 1. The summed E-state index contributed by atoms with van der Waals surface area (Å²) < 4.78 is 0. The number of nitrogens with two attached hydrogens (primary N) is 2. The average molecular weight is 163 g/mol. The van der Waals surface area contributed by atoms with Gasteiger partial charge >= 0.3 is 0 Å². The molecule has 0 unspecified atom stereocenters. The smallest absolute Gasteiger partial charge is 0.0558 e. The van der Waals surface area contributed by atoms with Gasteiger partial charge in [0.25, 0.3) is 0 Å². The van der Waals surface area contributed by atoms with Crippen molar-refractivity contribution < 1.29 is 0 Å². The number of rotatable bonds is 0. The molecule has 0 saturated carbocycles. The Morgan fingerprint density at radius 3 is 2.10 bits per heavy atom. The van der Waals surface area contributed by atoms with Crippen LogP contribution in [0.25, 0.3) is 0 Å². The van der Waals surface area contributed by atoms with E-state index in [0.29, 0.717) is 11.4 Å². The van der Waals surface area contributed by atoms with Gasteiger partial charge in [0.2, 0.25) is 0 Å². The van der Waals surface area contributed by atoms with Crippen LogP contribution in [0.3, 0.4) is 0 Å². The largest absolute Gasteiger partial charge is 0.397 e. The normalized spacial score (nSPS) is 8.50. The van der Waals surface area contributed by atoms with Gasteiger partial charge in [0.1, 0.15) is 0 Å². The van der Waals surface area contributed by atoms with E-state index in [-0.39, 0.29) is 29.6 Å².